The van der Waals surface area contributed by atoms with Gasteiger partial charge in [0.25, 0.3) is 0 Å². The fraction of sp³-hybridized carbons (Fsp3) is 0.278. The predicted octanol–water partition coefficient (Wildman–Crippen LogP) is 1.62. The normalized spacial score (nSPS) is 15.7. The summed E-state index contributed by atoms with van der Waals surface area (Å²) in [4.78, 5) is 2.09. The van der Waals surface area contributed by atoms with E-state index in [1.165, 1.54) is 16.4 Å². The Bertz CT molecular complexity index is 1060. The SMILES string of the molecule is Cc1ccn(-c2ccc(N3CCN(S(=O)(=O)c4ccc(F)cc4)CC3)nn2)n1. The highest BCUT2D eigenvalue weighted by molar-refractivity contribution is 7.89. The van der Waals surface area contributed by atoms with Gasteiger partial charge in [-0.2, -0.15) is 9.40 Å². The van der Waals surface area contributed by atoms with Gasteiger partial charge in [0, 0.05) is 32.4 Å². The number of nitrogens with zero attached hydrogens (tertiary/aromatic N) is 6. The first-order chi connectivity index (χ1) is 13.4. The molecule has 0 N–H and O–H groups in total. The first-order valence-electron chi connectivity index (χ1n) is 8.80. The van der Waals surface area contributed by atoms with Crippen molar-refractivity contribution in [1.29, 1.82) is 0 Å². The molecule has 3 heterocycles. The van der Waals surface area contributed by atoms with Crippen LogP contribution < -0.4 is 4.90 Å². The zero-order valence-electron chi connectivity index (χ0n) is 15.2. The molecule has 1 aliphatic heterocycles. The number of halogens is 1. The lowest BCUT2D eigenvalue weighted by atomic mass is 10.3. The fourth-order valence-electron chi connectivity index (χ4n) is 3.06. The molecule has 28 heavy (non-hydrogen) atoms. The molecule has 3 aromatic rings. The van der Waals surface area contributed by atoms with Crippen LogP contribution in [0.5, 0.6) is 0 Å². The van der Waals surface area contributed by atoms with Crippen LogP contribution in [0, 0.1) is 12.7 Å². The highest BCUT2D eigenvalue weighted by atomic mass is 32.2. The second-order valence-electron chi connectivity index (χ2n) is 6.50. The van der Waals surface area contributed by atoms with Crippen LogP contribution in [0.3, 0.4) is 0 Å². The topological polar surface area (TPSA) is 84.2 Å². The molecule has 8 nitrogen and oxygen atoms in total. The molecule has 1 saturated heterocycles. The van der Waals surface area contributed by atoms with Gasteiger partial charge in [-0.1, -0.05) is 0 Å². The van der Waals surface area contributed by atoms with Crippen molar-refractivity contribution >= 4 is 15.8 Å². The average molecular weight is 402 g/mol. The van der Waals surface area contributed by atoms with Gasteiger partial charge in [0.1, 0.15) is 5.82 Å². The zero-order chi connectivity index (χ0) is 19.7. The second-order valence-corrected chi connectivity index (χ2v) is 8.43. The Labute approximate surface area is 162 Å². The molecule has 0 atom stereocenters. The molecule has 146 valence electrons. The van der Waals surface area contributed by atoms with Gasteiger partial charge in [0.2, 0.25) is 10.0 Å². The van der Waals surface area contributed by atoms with Crippen molar-refractivity contribution in [3.63, 3.8) is 0 Å². The number of benzene rings is 1. The molecule has 0 spiro atoms. The summed E-state index contributed by atoms with van der Waals surface area (Å²) in [6.45, 7) is 3.53. The monoisotopic (exact) mass is 402 g/mol. The average Bonchev–Trinajstić information content (AvgIpc) is 3.15. The van der Waals surface area contributed by atoms with E-state index in [-0.39, 0.29) is 4.90 Å². The van der Waals surface area contributed by atoms with Crippen LogP contribution in [-0.4, -0.2) is 58.9 Å². The summed E-state index contributed by atoms with van der Waals surface area (Å²) in [5, 5.41) is 12.7. The summed E-state index contributed by atoms with van der Waals surface area (Å²) in [6, 6.07) is 10.5. The standard InChI is InChI=1S/C18H19FN6O2S/c1-14-8-9-25(22-14)18-7-6-17(20-21-18)23-10-12-24(13-11-23)28(26,27)16-4-2-15(19)3-5-16/h2-9H,10-13H2,1H3. The largest absolute Gasteiger partial charge is 0.352 e. The van der Waals surface area contributed by atoms with Crippen LogP contribution in [0.4, 0.5) is 10.2 Å². The number of aromatic nitrogens is 4. The van der Waals surface area contributed by atoms with Crippen LogP contribution in [0.15, 0.2) is 53.6 Å². The summed E-state index contributed by atoms with van der Waals surface area (Å²) in [5.41, 5.74) is 0.893. The molecule has 1 aliphatic rings. The first kappa shape index (κ1) is 18.5. The third kappa shape index (κ3) is 3.60. The minimum Gasteiger partial charge on any atom is -0.352 e. The lowest BCUT2D eigenvalue weighted by Crippen LogP contribution is -2.49. The molecule has 0 saturated carbocycles. The molecule has 0 aliphatic carbocycles. The number of piperazine rings is 1. The van der Waals surface area contributed by atoms with Crippen LogP contribution in [0.1, 0.15) is 5.69 Å². The Morgan fingerprint density at radius 1 is 0.893 bits per heavy atom. The van der Waals surface area contributed by atoms with Crippen molar-refractivity contribution in [3.8, 4) is 5.82 Å². The minimum absolute atomic E-state index is 0.0982. The molecule has 0 radical (unpaired) electrons. The highest BCUT2D eigenvalue weighted by Crippen LogP contribution is 2.20. The van der Waals surface area contributed by atoms with E-state index in [0.717, 1.165) is 17.8 Å². The van der Waals surface area contributed by atoms with Crippen LogP contribution >= 0.6 is 0 Å². The van der Waals surface area contributed by atoms with E-state index in [9.17, 15) is 12.8 Å². The molecule has 0 bridgehead atoms. The van der Waals surface area contributed by atoms with E-state index in [2.05, 4.69) is 15.3 Å². The van der Waals surface area contributed by atoms with Crippen molar-refractivity contribution in [3.05, 3.63) is 60.2 Å². The number of hydrogen-bond acceptors (Lipinski definition) is 6. The Hall–Kier alpha value is -2.85. The zero-order valence-corrected chi connectivity index (χ0v) is 16.0. The van der Waals surface area contributed by atoms with Crippen LogP contribution in [0.25, 0.3) is 5.82 Å². The smallest absolute Gasteiger partial charge is 0.243 e. The molecular formula is C18H19FN6O2S. The van der Waals surface area contributed by atoms with Crippen LogP contribution in [0.2, 0.25) is 0 Å². The van der Waals surface area contributed by atoms with Gasteiger partial charge in [0.05, 0.1) is 10.6 Å². The molecule has 4 rings (SSSR count). The number of sulfonamides is 1. The summed E-state index contributed by atoms with van der Waals surface area (Å²) in [6.07, 6.45) is 1.82. The minimum atomic E-state index is -3.63. The maximum absolute atomic E-state index is 13.1. The van der Waals surface area contributed by atoms with Gasteiger partial charge >= 0.3 is 0 Å². The Balaban J connectivity index is 1.43. The predicted molar refractivity (Wildman–Crippen MR) is 101 cm³/mol. The van der Waals surface area contributed by atoms with Crippen molar-refractivity contribution in [2.75, 3.05) is 31.1 Å². The Morgan fingerprint density at radius 3 is 2.11 bits per heavy atom. The van der Waals surface area contributed by atoms with E-state index in [1.807, 2.05) is 36.2 Å². The van der Waals surface area contributed by atoms with Gasteiger partial charge in [-0.15, -0.1) is 10.2 Å². The van der Waals surface area contributed by atoms with Crippen molar-refractivity contribution in [2.45, 2.75) is 11.8 Å². The fourth-order valence-corrected chi connectivity index (χ4v) is 4.49. The van der Waals surface area contributed by atoms with E-state index in [4.69, 9.17) is 0 Å². The molecule has 10 heteroatoms. The number of anilines is 1. The lowest BCUT2D eigenvalue weighted by molar-refractivity contribution is 0.383. The van der Waals surface area contributed by atoms with E-state index >= 15 is 0 Å². The van der Waals surface area contributed by atoms with Crippen molar-refractivity contribution < 1.29 is 12.8 Å². The number of aryl methyl sites for hydroxylation is 1. The molecule has 1 fully saturated rings. The van der Waals surface area contributed by atoms with E-state index in [1.54, 1.807) is 4.68 Å². The number of hydrogen-bond donors (Lipinski definition) is 0. The third-order valence-corrected chi connectivity index (χ3v) is 6.52. The molecule has 1 aromatic carbocycles. The maximum atomic E-state index is 13.1. The van der Waals surface area contributed by atoms with Crippen molar-refractivity contribution in [2.24, 2.45) is 0 Å². The van der Waals surface area contributed by atoms with Gasteiger partial charge in [-0.3, -0.25) is 0 Å². The van der Waals surface area contributed by atoms with Gasteiger partial charge in [-0.05, 0) is 49.4 Å². The van der Waals surface area contributed by atoms with Crippen molar-refractivity contribution in [1.82, 2.24) is 24.3 Å². The molecule has 2 aromatic heterocycles. The van der Waals surface area contributed by atoms with Gasteiger partial charge < -0.3 is 4.90 Å². The summed E-state index contributed by atoms with van der Waals surface area (Å²) in [7, 11) is -3.63. The Kier molecular flexibility index (Phi) is 4.82. The molecular weight excluding hydrogens is 383 g/mol. The number of rotatable bonds is 4. The highest BCUT2D eigenvalue weighted by Gasteiger charge is 2.29. The lowest BCUT2D eigenvalue weighted by Gasteiger charge is -2.34. The summed E-state index contributed by atoms with van der Waals surface area (Å²) >= 11 is 0. The summed E-state index contributed by atoms with van der Waals surface area (Å²) < 4.78 is 41.5. The first-order valence-corrected chi connectivity index (χ1v) is 10.2. The van der Waals surface area contributed by atoms with Crippen LogP contribution in [-0.2, 0) is 10.0 Å². The third-order valence-electron chi connectivity index (χ3n) is 4.61. The molecule has 0 amide bonds. The maximum Gasteiger partial charge on any atom is 0.243 e. The van der Waals surface area contributed by atoms with E-state index < -0.39 is 15.8 Å². The summed E-state index contributed by atoms with van der Waals surface area (Å²) in [5.74, 6) is 0.844. The molecule has 0 unspecified atom stereocenters. The Morgan fingerprint density at radius 2 is 1.54 bits per heavy atom. The van der Waals surface area contributed by atoms with Gasteiger partial charge in [0.15, 0.2) is 11.6 Å². The second kappa shape index (κ2) is 7.28. The van der Waals surface area contributed by atoms with Gasteiger partial charge in [-0.25, -0.2) is 17.5 Å². The van der Waals surface area contributed by atoms with E-state index in [0.29, 0.717) is 37.8 Å². The quantitative estimate of drug-likeness (QED) is 0.659.